The summed E-state index contributed by atoms with van der Waals surface area (Å²) in [4.78, 5) is 6.99. The third kappa shape index (κ3) is 4.36. The highest BCUT2D eigenvalue weighted by Gasteiger charge is 2.15. The molecule has 3 N–H and O–H groups in total. The van der Waals surface area contributed by atoms with E-state index in [9.17, 15) is 5.11 Å². The van der Waals surface area contributed by atoms with Gasteiger partial charge in [-0.25, -0.2) is 0 Å². The molecule has 32 heavy (non-hydrogen) atoms. The van der Waals surface area contributed by atoms with Gasteiger partial charge in [-0.15, -0.1) is 0 Å². The zero-order chi connectivity index (χ0) is 21.2. The van der Waals surface area contributed by atoms with Gasteiger partial charge >= 0.3 is 0 Å². The highest BCUT2D eigenvalue weighted by molar-refractivity contribution is 5.86. The molecule has 2 heterocycles. The number of phenols is 1. The van der Waals surface area contributed by atoms with Gasteiger partial charge in [0.25, 0.3) is 0 Å². The lowest BCUT2D eigenvalue weighted by atomic mass is 10.1. The van der Waals surface area contributed by atoms with E-state index in [1.807, 2.05) is 12.1 Å². The fourth-order valence-electron chi connectivity index (χ4n) is 5.28. The van der Waals surface area contributed by atoms with E-state index in [0.717, 1.165) is 17.7 Å². The number of phenolic OH excluding ortho intramolecular Hbond substituents is 1. The summed E-state index contributed by atoms with van der Waals surface area (Å²) in [6, 6.07) is 12.0. The monoisotopic (exact) mass is 432 g/mol. The number of benzene rings is 2. The molecule has 0 amide bonds. The van der Waals surface area contributed by atoms with Gasteiger partial charge in [0.15, 0.2) is 0 Å². The number of aromatic hydroxyl groups is 1. The van der Waals surface area contributed by atoms with E-state index in [2.05, 4.69) is 28.2 Å². The topological polar surface area (TPSA) is 61.0 Å². The lowest BCUT2D eigenvalue weighted by Gasteiger charge is -2.00. The van der Waals surface area contributed by atoms with Crippen molar-refractivity contribution in [3.63, 3.8) is 0 Å². The minimum absolute atomic E-state index is 0. The molecular weight excluding hydrogens is 396 g/mol. The minimum Gasteiger partial charge on any atom is -0.508 e. The Kier molecular flexibility index (Phi) is 6.78. The van der Waals surface area contributed by atoms with Crippen LogP contribution in [0.3, 0.4) is 0 Å². The molecule has 2 aliphatic rings. The summed E-state index contributed by atoms with van der Waals surface area (Å²) in [7, 11) is 1.72. The van der Waals surface area contributed by atoms with Crippen molar-refractivity contribution >= 4 is 21.8 Å². The molecule has 2 aromatic carbocycles. The Bertz CT molecular complexity index is 1200. The molecule has 0 aliphatic heterocycles. The van der Waals surface area contributed by atoms with Crippen LogP contribution in [0.15, 0.2) is 36.4 Å². The first-order chi connectivity index (χ1) is 15.2. The van der Waals surface area contributed by atoms with Crippen LogP contribution in [0.4, 0.5) is 0 Å². The van der Waals surface area contributed by atoms with E-state index in [-0.39, 0.29) is 7.43 Å². The minimum atomic E-state index is 0. The number of aromatic nitrogens is 2. The molecule has 0 atom stereocenters. The summed E-state index contributed by atoms with van der Waals surface area (Å²) in [6.07, 6.45) is 12.7. The van der Waals surface area contributed by atoms with Crippen molar-refractivity contribution in [1.82, 2.24) is 9.97 Å². The molecule has 0 saturated carbocycles. The van der Waals surface area contributed by atoms with Crippen LogP contribution in [-0.2, 0) is 25.7 Å². The number of H-pyrrole nitrogens is 2. The van der Waals surface area contributed by atoms with Gasteiger partial charge in [-0.05, 0) is 86.8 Å². The molecule has 2 aliphatic carbocycles. The molecule has 0 unspecified atom stereocenters. The van der Waals surface area contributed by atoms with Crippen LogP contribution in [0.25, 0.3) is 21.8 Å². The first kappa shape index (κ1) is 22.3. The van der Waals surface area contributed by atoms with Gasteiger partial charge in [0.05, 0.1) is 7.11 Å². The SMILES string of the molecule is C.COc1ccc2c3c([nH]c2c1)CCCCC3.Oc1ccc2c3c([nH]c2c1)CCCCC3. The van der Waals surface area contributed by atoms with Crippen LogP contribution in [-0.4, -0.2) is 22.2 Å². The highest BCUT2D eigenvalue weighted by Crippen LogP contribution is 2.31. The summed E-state index contributed by atoms with van der Waals surface area (Å²) < 4.78 is 5.26. The molecule has 6 rings (SSSR count). The second kappa shape index (κ2) is 9.72. The van der Waals surface area contributed by atoms with Gasteiger partial charge in [-0.2, -0.15) is 0 Å². The van der Waals surface area contributed by atoms with Crippen molar-refractivity contribution in [2.24, 2.45) is 0 Å². The normalized spacial score (nSPS) is 15.5. The molecule has 0 spiro atoms. The number of hydrogen-bond donors (Lipinski definition) is 3. The first-order valence-electron chi connectivity index (χ1n) is 11.7. The largest absolute Gasteiger partial charge is 0.508 e. The van der Waals surface area contributed by atoms with Crippen molar-refractivity contribution in [1.29, 1.82) is 0 Å². The van der Waals surface area contributed by atoms with E-state index in [4.69, 9.17) is 4.74 Å². The summed E-state index contributed by atoms with van der Waals surface area (Å²) in [5.41, 5.74) is 8.15. The number of rotatable bonds is 1. The second-order valence-corrected chi connectivity index (χ2v) is 8.93. The number of hydrogen-bond acceptors (Lipinski definition) is 2. The highest BCUT2D eigenvalue weighted by atomic mass is 16.5. The smallest absolute Gasteiger partial charge is 0.120 e. The van der Waals surface area contributed by atoms with Crippen molar-refractivity contribution in [3.8, 4) is 11.5 Å². The van der Waals surface area contributed by atoms with Gasteiger partial charge in [0.2, 0.25) is 0 Å². The van der Waals surface area contributed by atoms with Crippen LogP contribution in [0.5, 0.6) is 11.5 Å². The maximum Gasteiger partial charge on any atom is 0.120 e. The maximum atomic E-state index is 9.43. The third-order valence-corrected chi connectivity index (χ3v) is 6.89. The van der Waals surface area contributed by atoms with Crippen LogP contribution in [0, 0.1) is 0 Å². The Morgan fingerprint density at radius 1 is 0.688 bits per heavy atom. The van der Waals surface area contributed by atoms with Crippen LogP contribution < -0.4 is 4.74 Å². The van der Waals surface area contributed by atoms with Gasteiger partial charge in [0, 0.05) is 45.3 Å². The van der Waals surface area contributed by atoms with Crippen molar-refractivity contribution < 1.29 is 9.84 Å². The van der Waals surface area contributed by atoms with E-state index in [0.29, 0.717) is 5.75 Å². The Morgan fingerprint density at radius 3 is 1.81 bits per heavy atom. The third-order valence-electron chi connectivity index (χ3n) is 6.89. The van der Waals surface area contributed by atoms with Crippen molar-refractivity contribution in [3.05, 3.63) is 58.9 Å². The fourth-order valence-corrected chi connectivity index (χ4v) is 5.28. The van der Waals surface area contributed by atoms with E-state index in [1.54, 1.807) is 13.2 Å². The number of nitrogens with one attached hydrogen (secondary N) is 2. The van der Waals surface area contributed by atoms with Gasteiger partial charge in [-0.3, -0.25) is 0 Å². The van der Waals surface area contributed by atoms with E-state index in [1.165, 1.54) is 96.6 Å². The van der Waals surface area contributed by atoms with Crippen LogP contribution in [0.2, 0.25) is 0 Å². The quantitative estimate of drug-likeness (QED) is 0.278. The number of aryl methyl sites for hydroxylation is 4. The molecule has 0 fully saturated rings. The Hall–Kier alpha value is -2.88. The number of aromatic amines is 2. The predicted octanol–water partition coefficient (Wildman–Crippen LogP) is 7.22. The van der Waals surface area contributed by atoms with Gasteiger partial charge in [0.1, 0.15) is 11.5 Å². The summed E-state index contributed by atoms with van der Waals surface area (Å²) in [6.45, 7) is 0. The first-order valence-corrected chi connectivity index (χ1v) is 11.7. The molecule has 4 aromatic rings. The zero-order valence-corrected chi connectivity index (χ0v) is 18.4. The lowest BCUT2D eigenvalue weighted by Crippen LogP contribution is -1.86. The lowest BCUT2D eigenvalue weighted by molar-refractivity contribution is 0.415. The predicted molar refractivity (Wildman–Crippen MR) is 134 cm³/mol. The average molecular weight is 433 g/mol. The molecule has 0 bridgehead atoms. The van der Waals surface area contributed by atoms with E-state index >= 15 is 0 Å². The van der Waals surface area contributed by atoms with Gasteiger partial charge in [-0.1, -0.05) is 20.3 Å². The second-order valence-electron chi connectivity index (χ2n) is 8.93. The molecule has 2 aromatic heterocycles. The molecule has 0 saturated heterocycles. The molecule has 4 heteroatoms. The van der Waals surface area contributed by atoms with Crippen LogP contribution >= 0.6 is 0 Å². The summed E-state index contributed by atoms with van der Waals surface area (Å²) in [5, 5.41) is 12.1. The Morgan fingerprint density at radius 2 is 1.22 bits per heavy atom. The van der Waals surface area contributed by atoms with Crippen molar-refractivity contribution in [2.75, 3.05) is 7.11 Å². The Labute approximate surface area is 191 Å². The molecule has 170 valence electrons. The summed E-state index contributed by atoms with van der Waals surface area (Å²) >= 11 is 0. The number of methoxy groups -OCH3 is 1. The van der Waals surface area contributed by atoms with E-state index < -0.39 is 0 Å². The van der Waals surface area contributed by atoms with Gasteiger partial charge < -0.3 is 19.8 Å². The maximum absolute atomic E-state index is 9.43. The zero-order valence-electron chi connectivity index (χ0n) is 18.4. The standard InChI is InChI=1S/C14H17NO.C13H15NO.CH4/c1-16-10-7-8-12-11-5-3-2-4-6-13(11)15-14(12)9-10;15-9-6-7-11-10-4-2-1-3-5-12(10)14-13(11)8-9;/h7-9,15H,2-6H2,1H3;6-8,14-15H,1-5H2;1H4. The number of fused-ring (bicyclic) bond motifs is 6. The Balaban J connectivity index is 0.000000149. The van der Waals surface area contributed by atoms with Crippen LogP contribution in [0.1, 0.15) is 68.5 Å². The summed E-state index contributed by atoms with van der Waals surface area (Å²) in [5.74, 6) is 1.28. The fraction of sp³-hybridized carbons (Fsp3) is 0.429. The molecular formula is C28H36N2O2. The molecule has 0 radical (unpaired) electrons. The average Bonchev–Trinajstić information content (AvgIpc) is 3.06. The number of ether oxygens (including phenoxy) is 1. The van der Waals surface area contributed by atoms with Crippen molar-refractivity contribution in [2.45, 2.75) is 71.6 Å². The molecule has 4 nitrogen and oxygen atoms in total.